The zero-order chi connectivity index (χ0) is 29.9. The molecule has 16 atom stereocenters. The van der Waals surface area contributed by atoms with Crippen molar-refractivity contribution in [3.8, 4) is 0 Å². The van der Waals surface area contributed by atoms with Crippen LogP contribution in [0, 0.1) is 0 Å². The van der Waals surface area contributed by atoms with E-state index in [2.05, 4.69) is 5.32 Å². The van der Waals surface area contributed by atoms with E-state index in [-0.39, 0.29) is 25.9 Å². The quantitative estimate of drug-likeness (QED) is 0.113. The third kappa shape index (κ3) is 7.06. The highest BCUT2D eigenvalue weighted by molar-refractivity contribution is 5.80. The van der Waals surface area contributed by atoms with Gasteiger partial charge in [-0.15, -0.1) is 0 Å². The SMILES string of the molecule is NCC[C@H](O)C(=O)N[C@H]1C[C@@H](N)[C@H](O[C@H]2O[C@H](CO)[C@@H](O)[C@H](N)[C@H]2O)[C@@H](O)[C@@H]1O[C@H]1O[C@H](CN)[C@@H](O)[C@H](O)[C@H]1N. The zero-order valence-corrected chi connectivity index (χ0v) is 21.8. The molecule has 234 valence electrons. The number of nitrogens with two attached hydrogens (primary N) is 5. The molecule has 3 rings (SSSR count). The minimum atomic E-state index is -1.66. The second-order valence-corrected chi connectivity index (χ2v) is 10.4. The molecule has 1 aliphatic carbocycles. The number of rotatable bonds is 10. The largest absolute Gasteiger partial charge is 0.394 e. The third-order valence-corrected chi connectivity index (χ3v) is 7.59. The fourth-order valence-electron chi connectivity index (χ4n) is 5.11. The van der Waals surface area contributed by atoms with E-state index in [0.717, 1.165) is 0 Å². The molecule has 2 heterocycles. The van der Waals surface area contributed by atoms with Gasteiger partial charge in [0.05, 0.1) is 24.7 Å². The summed E-state index contributed by atoms with van der Waals surface area (Å²) in [5, 5.41) is 74.7. The number of aliphatic hydroxyl groups excluding tert-OH is 7. The lowest BCUT2D eigenvalue weighted by molar-refractivity contribution is -0.319. The topological polar surface area (TPSA) is 338 Å². The summed E-state index contributed by atoms with van der Waals surface area (Å²) in [6.07, 6.45) is -17.1. The van der Waals surface area contributed by atoms with Crippen molar-refractivity contribution in [2.45, 2.75) is 111 Å². The van der Waals surface area contributed by atoms with Gasteiger partial charge in [-0.2, -0.15) is 0 Å². The second kappa shape index (κ2) is 14.3. The molecule has 1 saturated carbocycles. The Kier molecular flexibility index (Phi) is 11.9. The standard InChI is InChI=1S/C22H44N6O12/c23-2-1-8(30)20(36)28-7-3-6(25)18(39-22-16(34)11(26)13(31)10(5-29)38-22)17(35)19(7)40-21-12(27)15(33)14(32)9(4-24)37-21/h6-19,21-22,29-35H,1-5,23-27H2,(H,28,36)/t6-,7+,8+,9-,10-,11+,12-,13-,14-,15-,16-,17-,18+,19-,21-,22-/m1/s1. The number of hydrogen-bond acceptors (Lipinski definition) is 17. The van der Waals surface area contributed by atoms with Gasteiger partial charge >= 0.3 is 0 Å². The smallest absolute Gasteiger partial charge is 0.249 e. The average Bonchev–Trinajstić information content (AvgIpc) is 2.92. The summed E-state index contributed by atoms with van der Waals surface area (Å²) < 4.78 is 22.8. The van der Waals surface area contributed by atoms with Gasteiger partial charge in [0.25, 0.3) is 0 Å². The van der Waals surface area contributed by atoms with E-state index in [1.165, 1.54) is 0 Å². The molecule has 3 fully saturated rings. The van der Waals surface area contributed by atoms with E-state index >= 15 is 0 Å². The van der Waals surface area contributed by atoms with Crippen molar-refractivity contribution in [2.24, 2.45) is 28.7 Å². The summed E-state index contributed by atoms with van der Waals surface area (Å²) in [5.74, 6) is -0.816. The predicted octanol–water partition coefficient (Wildman–Crippen LogP) is -8.46. The van der Waals surface area contributed by atoms with Crippen LogP contribution in [0.1, 0.15) is 12.8 Å². The van der Waals surface area contributed by atoms with E-state index < -0.39 is 110 Å². The van der Waals surface area contributed by atoms with Crippen LogP contribution in [0.15, 0.2) is 0 Å². The van der Waals surface area contributed by atoms with E-state index in [9.17, 15) is 40.5 Å². The molecule has 2 saturated heterocycles. The van der Waals surface area contributed by atoms with Crippen LogP contribution in [0.4, 0.5) is 0 Å². The number of nitrogens with one attached hydrogen (secondary N) is 1. The van der Waals surface area contributed by atoms with Crippen molar-refractivity contribution >= 4 is 5.91 Å². The fourth-order valence-corrected chi connectivity index (χ4v) is 5.11. The van der Waals surface area contributed by atoms with Crippen molar-refractivity contribution in [3.05, 3.63) is 0 Å². The Labute approximate surface area is 230 Å². The van der Waals surface area contributed by atoms with Crippen LogP contribution in [0.2, 0.25) is 0 Å². The Bertz CT molecular complexity index is 816. The van der Waals surface area contributed by atoms with E-state index in [1.54, 1.807) is 0 Å². The maximum atomic E-state index is 12.6. The van der Waals surface area contributed by atoms with Crippen LogP contribution in [0.25, 0.3) is 0 Å². The molecule has 0 bridgehead atoms. The van der Waals surface area contributed by atoms with Gasteiger partial charge in [0.15, 0.2) is 12.6 Å². The summed E-state index contributed by atoms with van der Waals surface area (Å²) >= 11 is 0. The van der Waals surface area contributed by atoms with Gasteiger partial charge in [0.2, 0.25) is 5.91 Å². The molecule has 0 radical (unpaired) electrons. The molecular formula is C22H44N6O12. The van der Waals surface area contributed by atoms with Gasteiger partial charge in [-0.25, -0.2) is 0 Å². The summed E-state index contributed by atoms with van der Waals surface area (Å²) in [5.41, 5.74) is 29.2. The van der Waals surface area contributed by atoms with Gasteiger partial charge in [0, 0.05) is 12.6 Å². The molecule has 40 heavy (non-hydrogen) atoms. The first-order valence-electron chi connectivity index (χ1n) is 13.1. The van der Waals surface area contributed by atoms with Crippen molar-refractivity contribution in [3.63, 3.8) is 0 Å². The van der Waals surface area contributed by atoms with Crippen LogP contribution in [-0.2, 0) is 23.7 Å². The molecule has 0 aromatic carbocycles. The summed E-state index contributed by atoms with van der Waals surface area (Å²) in [6, 6.07) is -4.62. The average molecular weight is 585 g/mol. The molecule has 0 spiro atoms. The van der Waals surface area contributed by atoms with Crippen LogP contribution in [0.3, 0.4) is 0 Å². The van der Waals surface area contributed by atoms with E-state index in [0.29, 0.717) is 0 Å². The van der Waals surface area contributed by atoms with Crippen LogP contribution in [0.5, 0.6) is 0 Å². The highest BCUT2D eigenvalue weighted by atomic mass is 16.7. The third-order valence-electron chi connectivity index (χ3n) is 7.59. The Morgan fingerprint density at radius 3 is 2.08 bits per heavy atom. The van der Waals surface area contributed by atoms with Gasteiger partial charge in [-0.05, 0) is 19.4 Å². The summed E-state index contributed by atoms with van der Waals surface area (Å²) in [4.78, 5) is 12.6. The highest BCUT2D eigenvalue weighted by Gasteiger charge is 2.52. The monoisotopic (exact) mass is 584 g/mol. The zero-order valence-electron chi connectivity index (χ0n) is 21.8. The molecule has 3 aliphatic rings. The van der Waals surface area contributed by atoms with Gasteiger partial charge in [-0.3, -0.25) is 4.79 Å². The number of amides is 1. The first-order chi connectivity index (χ1) is 18.9. The molecular weight excluding hydrogens is 540 g/mol. The lowest BCUT2D eigenvalue weighted by atomic mass is 9.83. The molecule has 1 amide bonds. The molecule has 18 heteroatoms. The Hall–Kier alpha value is -1.17. The number of ether oxygens (including phenoxy) is 4. The summed E-state index contributed by atoms with van der Waals surface area (Å²) in [7, 11) is 0. The minimum Gasteiger partial charge on any atom is -0.394 e. The molecule has 0 unspecified atom stereocenters. The molecule has 18 N–H and O–H groups in total. The van der Waals surface area contributed by atoms with Crippen molar-refractivity contribution < 1.29 is 59.5 Å². The maximum Gasteiger partial charge on any atom is 0.249 e. The number of aliphatic hydroxyl groups is 7. The van der Waals surface area contributed by atoms with Crippen LogP contribution < -0.4 is 34.0 Å². The minimum absolute atomic E-state index is 0.0259. The first-order valence-corrected chi connectivity index (χ1v) is 13.1. The first kappa shape index (κ1) is 33.3. The maximum absolute atomic E-state index is 12.6. The molecule has 18 nitrogen and oxygen atoms in total. The molecule has 0 aromatic heterocycles. The van der Waals surface area contributed by atoms with Crippen molar-refractivity contribution in [1.82, 2.24) is 5.32 Å². The Morgan fingerprint density at radius 2 is 1.48 bits per heavy atom. The van der Waals surface area contributed by atoms with Crippen molar-refractivity contribution in [2.75, 3.05) is 19.7 Å². The van der Waals surface area contributed by atoms with Gasteiger partial charge < -0.3 is 88.7 Å². The summed E-state index contributed by atoms with van der Waals surface area (Å²) in [6.45, 7) is -0.813. The molecule has 2 aliphatic heterocycles. The lowest BCUT2D eigenvalue weighted by Crippen LogP contribution is -2.70. The predicted molar refractivity (Wildman–Crippen MR) is 133 cm³/mol. The van der Waals surface area contributed by atoms with Gasteiger partial charge in [-0.1, -0.05) is 0 Å². The Balaban J connectivity index is 1.85. The number of hydrogen-bond donors (Lipinski definition) is 13. The number of carbonyl (C=O) groups excluding carboxylic acids is 1. The second-order valence-electron chi connectivity index (χ2n) is 10.4. The Morgan fingerprint density at radius 1 is 0.850 bits per heavy atom. The lowest BCUT2D eigenvalue weighted by Gasteiger charge is -2.49. The fraction of sp³-hybridized carbons (Fsp3) is 0.955. The normalized spacial score (nSPS) is 47.0. The molecule has 0 aromatic rings. The van der Waals surface area contributed by atoms with Crippen LogP contribution in [-0.4, -0.2) is 159 Å². The van der Waals surface area contributed by atoms with Gasteiger partial charge in [0.1, 0.15) is 61.0 Å². The highest BCUT2D eigenvalue weighted by Crippen LogP contribution is 2.31. The van der Waals surface area contributed by atoms with E-state index in [4.69, 9.17) is 47.6 Å². The van der Waals surface area contributed by atoms with Crippen molar-refractivity contribution in [1.29, 1.82) is 0 Å². The van der Waals surface area contributed by atoms with E-state index in [1.807, 2.05) is 0 Å². The van der Waals surface area contributed by atoms with Crippen LogP contribution >= 0.6 is 0 Å². The number of carbonyl (C=O) groups is 1.